The van der Waals surface area contributed by atoms with Crippen molar-refractivity contribution < 1.29 is 4.79 Å². The minimum Gasteiger partial charge on any atom is -0.359 e. The van der Waals surface area contributed by atoms with Gasteiger partial charge < -0.3 is 15.5 Å². The van der Waals surface area contributed by atoms with Crippen LogP contribution in [0.3, 0.4) is 0 Å². The summed E-state index contributed by atoms with van der Waals surface area (Å²) in [5.74, 6) is 2.22. The molecule has 5 heteroatoms. The van der Waals surface area contributed by atoms with Crippen molar-refractivity contribution in [3.8, 4) is 0 Å². The van der Waals surface area contributed by atoms with Gasteiger partial charge in [0.1, 0.15) is 0 Å². The van der Waals surface area contributed by atoms with Gasteiger partial charge in [-0.3, -0.25) is 9.79 Å². The van der Waals surface area contributed by atoms with Crippen LogP contribution in [0.1, 0.15) is 56.6 Å². The smallest absolute Gasteiger partial charge is 0.220 e. The van der Waals surface area contributed by atoms with Gasteiger partial charge in [-0.15, -0.1) is 0 Å². The fourth-order valence-corrected chi connectivity index (χ4v) is 3.61. The van der Waals surface area contributed by atoms with Crippen LogP contribution in [0.5, 0.6) is 0 Å². The largest absolute Gasteiger partial charge is 0.359 e. The van der Waals surface area contributed by atoms with E-state index in [9.17, 15) is 4.79 Å². The Balaban J connectivity index is 1.69. The molecule has 1 aromatic carbocycles. The monoisotopic (exact) mass is 372 g/mol. The second-order valence-electron chi connectivity index (χ2n) is 7.78. The molecule has 0 unspecified atom stereocenters. The number of amides is 1. The van der Waals surface area contributed by atoms with Crippen LogP contribution >= 0.6 is 0 Å². The summed E-state index contributed by atoms with van der Waals surface area (Å²) < 4.78 is 0. The van der Waals surface area contributed by atoms with E-state index in [0.717, 1.165) is 51.3 Å². The highest BCUT2D eigenvalue weighted by atomic mass is 16.1. The number of piperidine rings is 1. The topological polar surface area (TPSA) is 56.7 Å². The molecule has 1 saturated heterocycles. The summed E-state index contributed by atoms with van der Waals surface area (Å²) in [6, 6.07) is 8.99. The molecule has 1 aromatic rings. The Morgan fingerprint density at radius 2 is 1.89 bits per heavy atom. The first-order valence-electron chi connectivity index (χ1n) is 10.3. The van der Waals surface area contributed by atoms with E-state index in [1.807, 2.05) is 7.05 Å². The van der Waals surface area contributed by atoms with E-state index in [0.29, 0.717) is 18.3 Å². The molecule has 27 heavy (non-hydrogen) atoms. The third-order valence-electron chi connectivity index (χ3n) is 5.45. The van der Waals surface area contributed by atoms with Gasteiger partial charge in [0.15, 0.2) is 5.96 Å². The lowest BCUT2D eigenvalue weighted by Crippen LogP contribution is -2.46. The summed E-state index contributed by atoms with van der Waals surface area (Å²) in [7, 11) is 3.56. The molecule has 1 aliphatic heterocycles. The molecule has 0 aromatic heterocycles. The van der Waals surface area contributed by atoms with Gasteiger partial charge in [-0.2, -0.15) is 0 Å². The molecule has 1 amide bonds. The molecule has 0 bridgehead atoms. The number of likely N-dealkylation sites (tertiary alicyclic amines) is 1. The van der Waals surface area contributed by atoms with Crippen molar-refractivity contribution in [2.24, 2.45) is 10.9 Å². The molecule has 0 aliphatic carbocycles. The van der Waals surface area contributed by atoms with Crippen LogP contribution in [0.25, 0.3) is 0 Å². The van der Waals surface area contributed by atoms with Gasteiger partial charge in [0.2, 0.25) is 5.91 Å². The first-order valence-corrected chi connectivity index (χ1v) is 10.3. The minimum absolute atomic E-state index is 0.150. The van der Waals surface area contributed by atoms with Crippen molar-refractivity contribution in [2.45, 2.75) is 51.9 Å². The van der Waals surface area contributed by atoms with Crippen LogP contribution in [0.15, 0.2) is 29.3 Å². The third-order valence-corrected chi connectivity index (χ3v) is 5.45. The predicted octanol–water partition coefficient (Wildman–Crippen LogP) is 3.17. The second kappa shape index (κ2) is 11.0. The number of nitrogens with zero attached hydrogens (tertiary/aromatic N) is 2. The molecule has 2 N–H and O–H groups in total. The lowest BCUT2D eigenvalue weighted by Gasteiger charge is -2.34. The molecular weight excluding hydrogens is 336 g/mol. The van der Waals surface area contributed by atoms with E-state index in [-0.39, 0.29) is 5.91 Å². The van der Waals surface area contributed by atoms with E-state index in [4.69, 9.17) is 0 Å². The number of carbonyl (C=O) groups is 1. The Hall–Kier alpha value is -2.04. The van der Waals surface area contributed by atoms with Gasteiger partial charge in [-0.25, -0.2) is 0 Å². The van der Waals surface area contributed by atoms with Crippen molar-refractivity contribution in [1.29, 1.82) is 0 Å². The Morgan fingerprint density at radius 1 is 1.22 bits per heavy atom. The molecule has 1 fully saturated rings. The zero-order valence-electron chi connectivity index (χ0n) is 17.4. The summed E-state index contributed by atoms with van der Waals surface area (Å²) >= 11 is 0. The molecule has 1 aliphatic rings. The van der Waals surface area contributed by atoms with E-state index in [1.54, 1.807) is 7.05 Å². The van der Waals surface area contributed by atoms with Gasteiger partial charge in [-0.1, -0.05) is 38.1 Å². The molecule has 150 valence electrons. The van der Waals surface area contributed by atoms with Gasteiger partial charge in [-0.05, 0) is 48.6 Å². The number of hydrogen-bond donors (Lipinski definition) is 2. The number of rotatable bonds is 7. The van der Waals surface area contributed by atoms with E-state index in [2.05, 4.69) is 58.6 Å². The van der Waals surface area contributed by atoms with Crippen LogP contribution in [0.4, 0.5) is 0 Å². The highest BCUT2D eigenvalue weighted by molar-refractivity contribution is 5.80. The van der Waals surface area contributed by atoms with E-state index >= 15 is 0 Å². The number of benzene rings is 1. The normalized spacial score (nSPS) is 15.9. The van der Waals surface area contributed by atoms with Gasteiger partial charge in [0.05, 0.1) is 0 Å². The number of aryl methyl sites for hydroxylation is 1. The van der Waals surface area contributed by atoms with E-state index < -0.39 is 0 Å². The van der Waals surface area contributed by atoms with Gasteiger partial charge in [0, 0.05) is 40.2 Å². The molecule has 1 heterocycles. The molecule has 5 nitrogen and oxygen atoms in total. The number of carbonyl (C=O) groups excluding carboxylic acids is 1. The summed E-state index contributed by atoms with van der Waals surface area (Å²) in [6.07, 6.45) is 4.92. The first-order chi connectivity index (χ1) is 13.0. The lowest BCUT2D eigenvalue weighted by molar-refractivity contribution is -0.121. The van der Waals surface area contributed by atoms with Crippen molar-refractivity contribution >= 4 is 11.9 Å². The quantitative estimate of drug-likeness (QED) is 0.439. The maximum Gasteiger partial charge on any atom is 0.220 e. The summed E-state index contributed by atoms with van der Waals surface area (Å²) in [4.78, 5) is 18.3. The van der Waals surface area contributed by atoms with Crippen molar-refractivity contribution in [2.75, 3.05) is 33.7 Å². The fourth-order valence-electron chi connectivity index (χ4n) is 3.61. The van der Waals surface area contributed by atoms with Crippen LogP contribution in [0, 0.1) is 5.92 Å². The fraction of sp³-hybridized carbons (Fsp3) is 0.636. The maximum absolute atomic E-state index is 11.5. The maximum atomic E-state index is 11.5. The second-order valence-corrected chi connectivity index (χ2v) is 7.78. The van der Waals surface area contributed by atoms with Crippen molar-refractivity contribution in [3.05, 3.63) is 35.4 Å². The predicted molar refractivity (Wildman–Crippen MR) is 113 cm³/mol. The average Bonchev–Trinajstić information content (AvgIpc) is 2.69. The lowest BCUT2D eigenvalue weighted by atomic mass is 9.93. The zero-order valence-corrected chi connectivity index (χ0v) is 17.4. The molecule has 0 saturated carbocycles. The summed E-state index contributed by atoms with van der Waals surface area (Å²) in [5.41, 5.74) is 2.79. The van der Waals surface area contributed by atoms with Crippen LogP contribution in [-0.4, -0.2) is 50.5 Å². The highest BCUT2D eigenvalue weighted by Crippen LogP contribution is 2.20. The molecule has 0 atom stereocenters. The number of guanidine groups is 1. The third kappa shape index (κ3) is 6.89. The van der Waals surface area contributed by atoms with Crippen molar-refractivity contribution in [3.63, 3.8) is 0 Å². The Labute approximate surface area is 164 Å². The van der Waals surface area contributed by atoms with Crippen LogP contribution < -0.4 is 10.6 Å². The van der Waals surface area contributed by atoms with Gasteiger partial charge in [0.25, 0.3) is 0 Å². The first kappa shape index (κ1) is 21.3. The van der Waals surface area contributed by atoms with Crippen LogP contribution in [0.2, 0.25) is 0 Å². The average molecular weight is 373 g/mol. The Kier molecular flexibility index (Phi) is 8.62. The Morgan fingerprint density at radius 3 is 2.44 bits per heavy atom. The SMILES string of the molecule is CN=C(NCCCc1ccc(C(C)C)cc1)N1CCC(CC(=O)NC)CC1. The standard InChI is InChI=1S/C22H36N4O/c1-17(2)20-9-7-18(8-10-20)6-5-13-25-22(24-4)26-14-11-19(12-15-26)16-21(27)23-3/h7-10,17,19H,5-6,11-16H2,1-4H3,(H,23,27)(H,24,25). The zero-order chi connectivity index (χ0) is 19.6. The number of nitrogens with one attached hydrogen (secondary N) is 2. The molecule has 0 radical (unpaired) electrons. The summed E-state index contributed by atoms with van der Waals surface area (Å²) in [5, 5.41) is 6.23. The molecular formula is C22H36N4O. The molecule has 0 spiro atoms. The number of aliphatic imine (C=N–C) groups is 1. The summed E-state index contributed by atoms with van der Waals surface area (Å²) in [6.45, 7) is 7.32. The van der Waals surface area contributed by atoms with Crippen LogP contribution in [-0.2, 0) is 11.2 Å². The van der Waals surface area contributed by atoms with E-state index in [1.165, 1.54) is 11.1 Å². The van der Waals surface area contributed by atoms with Crippen molar-refractivity contribution in [1.82, 2.24) is 15.5 Å². The highest BCUT2D eigenvalue weighted by Gasteiger charge is 2.22. The molecule has 2 rings (SSSR count). The Bertz CT molecular complexity index is 601. The number of hydrogen-bond acceptors (Lipinski definition) is 2. The van der Waals surface area contributed by atoms with Gasteiger partial charge >= 0.3 is 0 Å². The minimum atomic E-state index is 0.150.